The Morgan fingerprint density at radius 3 is 1.15 bits per heavy atom. The number of halogens is 9. The topological polar surface area (TPSA) is 52.8 Å². The SMILES string of the molecule is CC(C)([CH]=[Mo]=[N]c1c(F)c(F)c(F)c(F)c1F)c1ccccc1.Cc1c(F)cc2c(c1-c1c(O)c(F)cc3c1CCCC3)CCCC2.Cc1c(F)cc2c(c1-c1c(O)c(F)cc3c1CCCC3)CCCC2. The number of aryl methyl sites for hydroxylation is 4. The van der Waals surface area contributed by atoms with E-state index in [0.29, 0.717) is 22.3 Å². The molecule has 6 aromatic carbocycles. The first-order valence-electron chi connectivity index (χ1n) is 24.4. The van der Waals surface area contributed by atoms with E-state index in [0.717, 1.165) is 164 Å². The van der Waals surface area contributed by atoms with Gasteiger partial charge < -0.3 is 10.2 Å². The maximum atomic E-state index is 14.5. The Bertz CT molecular complexity index is 2800. The molecule has 10 rings (SSSR count). The molecule has 3 nitrogen and oxygen atoms in total. The fourth-order valence-electron chi connectivity index (χ4n) is 10.7. The van der Waals surface area contributed by atoms with Gasteiger partial charge in [-0.3, -0.25) is 0 Å². The second-order valence-electron chi connectivity index (χ2n) is 19.6. The fraction of sp³-hybridized carbons (Fsp3) is 0.362. The van der Waals surface area contributed by atoms with E-state index in [9.17, 15) is 49.7 Å². The van der Waals surface area contributed by atoms with Gasteiger partial charge in [0.25, 0.3) is 0 Å². The van der Waals surface area contributed by atoms with Crippen LogP contribution in [0.3, 0.4) is 0 Å². The summed E-state index contributed by atoms with van der Waals surface area (Å²) in [5, 5.41) is 21.1. The van der Waals surface area contributed by atoms with Crippen LogP contribution in [-0.4, -0.2) is 14.6 Å². The molecule has 13 heteroatoms. The maximum absolute atomic E-state index is 14.5. The molecule has 0 aliphatic heterocycles. The minimum Gasteiger partial charge on any atom is -0.504 e. The molecule has 4 aliphatic carbocycles. The summed E-state index contributed by atoms with van der Waals surface area (Å²) in [5.74, 6) is -12.2. The Kier molecular flexibility index (Phi) is 15.9. The molecule has 6 aromatic rings. The van der Waals surface area contributed by atoms with E-state index in [1.807, 2.05) is 44.2 Å². The number of phenols is 2. The third kappa shape index (κ3) is 10.5. The second-order valence-corrected chi connectivity index (χ2v) is 21.1. The number of hydrogen-bond acceptors (Lipinski definition) is 3. The van der Waals surface area contributed by atoms with Crippen LogP contribution >= 0.6 is 0 Å². The van der Waals surface area contributed by atoms with Crippen LogP contribution < -0.4 is 0 Å². The van der Waals surface area contributed by atoms with Crippen molar-refractivity contribution in [3.05, 3.63) is 168 Å². The van der Waals surface area contributed by atoms with Crippen molar-refractivity contribution in [1.29, 1.82) is 0 Å². The summed E-state index contributed by atoms with van der Waals surface area (Å²) in [6.45, 7) is 7.28. The predicted octanol–water partition coefficient (Wildman–Crippen LogP) is 15.9. The van der Waals surface area contributed by atoms with E-state index < -0.39 is 69.7 Å². The molecule has 0 saturated heterocycles. The van der Waals surface area contributed by atoms with Crippen LogP contribution in [0.15, 0.2) is 58.1 Å². The van der Waals surface area contributed by atoms with Crippen LogP contribution in [0.5, 0.6) is 11.5 Å². The summed E-state index contributed by atoms with van der Waals surface area (Å²) in [6.07, 6.45) is 15.1. The number of fused-ring (bicyclic) bond motifs is 4. The average Bonchev–Trinajstić information content (AvgIpc) is 3.37. The number of nitrogens with zero attached hydrogens (tertiary/aromatic N) is 1. The molecule has 0 unspecified atom stereocenters. The molecule has 0 atom stereocenters. The smallest absolute Gasteiger partial charge is 0.165 e. The summed E-state index contributed by atoms with van der Waals surface area (Å²) >= 11 is -1.47. The minimum absolute atomic E-state index is 0.251. The zero-order valence-corrected chi connectivity index (χ0v) is 42.2. The maximum Gasteiger partial charge on any atom is 0.165 e. The molecular weight excluding hydrogens is 1010 g/mol. The Hall–Kier alpha value is -5.35. The zero-order chi connectivity index (χ0) is 50.9. The van der Waals surface area contributed by atoms with Gasteiger partial charge in [0.2, 0.25) is 0 Å². The van der Waals surface area contributed by atoms with Crippen molar-refractivity contribution in [1.82, 2.24) is 0 Å². The van der Waals surface area contributed by atoms with Gasteiger partial charge in [-0.2, -0.15) is 0 Å². The number of aromatic hydroxyl groups is 2. The molecule has 2 N–H and O–H groups in total. The normalized spacial score (nSPS) is 14.9. The van der Waals surface area contributed by atoms with Gasteiger partial charge in [0.15, 0.2) is 23.1 Å². The molecule has 0 spiro atoms. The molecule has 0 heterocycles. The Balaban J connectivity index is 0.000000143. The van der Waals surface area contributed by atoms with Gasteiger partial charge in [0.05, 0.1) is 0 Å². The van der Waals surface area contributed by atoms with Gasteiger partial charge in [-0.15, -0.1) is 0 Å². The minimum atomic E-state index is -2.17. The second kappa shape index (κ2) is 21.8. The molecule has 0 bridgehead atoms. The molecule has 0 fully saturated rings. The van der Waals surface area contributed by atoms with Crippen molar-refractivity contribution in [3.8, 4) is 33.8 Å². The molecule has 71 heavy (non-hydrogen) atoms. The van der Waals surface area contributed by atoms with Crippen LogP contribution in [0, 0.1) is 66.2 Å². The van der Waals surface area contributed by atoms with E-state index in [4.69, 9.17) is 0 Å². The van der Waals surface area contributed by atoms with Crippen molar-refractivity contribution in [2.24, 2.45) is 3.50 Å². The van der Waals surface area contributed by atoms with Crippen LogP contribution in [0.2, 0.25) is 0 Å². The zero-order valence-electron chi connectivity index (χ0n) is 40.2. The monoisotopic (exact) mass is 1070 g/mol. The molecule has 4 aliphatic rings. The molecule has 374 valence electrons. The summed E-state index contributed by atoms with van der Waals surface area (Å²) in [7, 11) is 0. The molecule has 0 amide bonds. The average molecular weight is 1070 g/mol. The van der Waals surface area contributed by atoms with Crippen LogP contribution in [-0.2, 0) is 74.7 Å². The third-order valence-electron chi connectivity index (χ3n) is 14.5. The van der Waals surface area contributed by atoms with Crippen molar-refractivity contribution < 1.29 is 67.6 Å². The van der Waals surface area contributed by atoms with Crippen LogP contribution in [0.25, 0.3) is 22.3 Å². The van der Waals surface area contributed by atoms with Gasteiger partial charge in [0.1, 0.15) is 11.6 Å². The number of hydrogen-bond donors (Lipinski definition) is 2. The molecule has 0 radical (unpaired) electrons. The standard InChI is InChI=1S/2C21H22F2O.C10H12.C6F5N.Mo/c2*1-12-17(22)10-13-6-2-4-8-15(13)19(12)20-16-9-5-3-7-14(16)11-18(23)21(20)24;1-10(2,3)9-7-5-4-6-8-9;7-1-2(8)4(10)6(12)5(11)3(1)9;/h2*10-11,24H,2-9H2,1H3;1,4-8H,2-3H3;;. The van der Waals surface area contributed by atoms with E-state index in [1.165, 1.54) is 12.1 Å². The van der Waals surface area contributed by atoms with Crippen LogP contribution in [0.4, 0.5) is 45.2 Å². The van der Waals surface area contributed by atoms with E-state index in [1.54, 1.807) is 30.4 Å². The summed E-state index contributed by atoms with van der Waals surface area (Å²) in [4.78, 5) is 0. The first kappa shape index (κ1) is 52.0. The first-order valence-corrected chi connectivity index (χ1v) is 26.4. The number of rotatable bonds is 5. The largest absolute Gasteiger partial charge is 0.504 e. The number of benzene rings is 6. The molecule has 0 saturated carbocycles. The van der Waals surface area contributed by atoms with Gasteiger partial charge in [-0.05, 0) is 208 Å². The summed E-state index contributed by atoms with van der Waals surface area (Å²) < 4.78 is 130. The van der Waals surface area contributed by atoms with Crippen molar-refractivity contribution >= 4 is 10.1 Å². The van der Waals surface area contributed by atoms with Crippen molar-refractivity contribution in [2.75, 3.05) is 0 Å². The van der Waals surface area contributed by atoms with Gasteiger partial charge in [-0.1, -0.05) is 0 Å². The number of phenolic OH excluding ortho intramolecular Hbond substituents is 2. The van der Waals surface area contributed by atoms with E-state index in [2.05, 4.69) is 3.50 Å². The fourth-order valence-corrected chi connectivity index (χ4v) is 12.5. The Labute approximate surface area is 417 Å². The Morgan fingerprint density at radius 2 is 0.775 bits per heavy atom. The van der Waals surface area contributed by atoms with E-state index in [-0.39, 0.29) is 23.1 Å². The van der Waals surface area contributed by atoms with Crippen LogP contribution in [0.1, 0.15) is 126 Å². The van der Waals surface area contributed by atoms with Crippen molar-refractivity contribution in [2.45, 2.75) is 136 Å². The summed E-state index contributed by atoms with van der Waals surface area (Å²) in [5.41, 5.74) is 11.4. The first-order chi connectivity index (χ1) is 33.9. The van der Waals surface area contributed by atoms with Gasteiger partial charge >= 0.3 is 138 Å². The van der Waals surface area contributed by atoms with Crippen molar-refractivity contribution in [3.63, 3.8) is 0 Å². The third-order valence-corrected chi connectivity index (χ3v) is 17.0. The molecular formula is C58H56F9MoNO2. The molecule has 0 aromatic heterocycles. The predicted molar refractivity (Wildman–Crippen MR) is 257 cm³/mol. The van der Waals surface area contributed by atoms with Gasteiger partial charge in [0, 0.05) is 11.1 Å². The van der Waals surface area contributed by atoms with Gasteiger partial charge in [-0.25, -0.2) is 17.6 Å². The van der Waals surface area contributed by atoms with E-state index >= 15 is 0 Å². The summed E-state index contributed by atoms with van der Waals surface area (Å²) in [6, 6.07) is 15.5. The Morgan fingerprint density at radius 1 is 0.451 bits per heavy atom. The quantitative estimate of drug-likeness (QED) is 0.0782.